The Kier molecular flexibility index (Phi) is 8.85. The number of carboxylic acid groups (broad SMARTS) is 1. The number of aryl methyl sites for hydroxylation is 1. The van der Waals surface area contributed by atoms with E-state index in [1.54, 1.807) is 0 Å². The molecular formula is C37H47N5O5S. The van der Waals surface area contributed by atoms with Gasteiger partial charge in [-0.3, -0.25) is 9.21 Å². The molecule has 2 aliphatic rings. The first-order valence-corrected chi connectivity index (χ1v) is 18.5. The highest BCUT2D eigenvalue weighted by molar-refractivity contribution is 7.92. The molecule has 6 rings (SSSR count). The van der Waals surface area contributed by atoms with Crippen LogP contribution in [0.25, 0.3) is 33.3 Å². The van der Waals surface area contributed by atoms with Crippen LogP contribution >= 0.6 is 0 Å². The van der Waals surface area contributed by atoms with E-state index < -0.39 is 27.7 Å². The summed E-state index contributed by atoms with van der Waals surface area (Å²) in [4.78, 5) is 22.6. The van der Waals surface area contributed by atoms with E-state index in [9.17, 15) is 18.3 Å². The fourth-order valence-corrected chi connectivity index (χ4v) is 8.18. The van der Waals surface area contributed by atoms with Crippen molar-refractivity contribution in [2.24, 2.45) is 0 Å². The molecule has 1 N–H and O–H groups in total. The van der Waals surface area contributed by atoms with Gasteiger partial charge >= 0.3 is 5.97 Å². The van der Waals surface area contributed by atoms with E-state index in [0.29, 0.717) is 29.4 Å². The number of hydrogen-bond acceptors (Lipinski definition) is 7. The monoisotopic (exact) mass is 673 g/mol. The van der Waals surface area contributed by atoms with Crippen molar-refractivity contribution in [2.45, 2.75) is 72.8 Å². The van der Waals surface area contributed by atoms with E-state index in [1.807, 2.05) is 71.1 Å². The molecule has 11 heteroatoms. The molecule has 0 radical (unpaired) electrons. The summed E-state index contributed by atoms with van der Waals surface area (Å²) in [7, 11) is -3.69. The summed E-state index contributed by atoms with van der Waals surface area (Å²) >= 11 is 0. The Morgan fingerprint density at radius 1 is 0.938 bits per heavy atom. The maximum absolute atomic E-state index is 13.3. The van der Waals surface area contributed by atoms with Gasteiger partial charge in [0.1, 0.15) is 5.82 Å². The Bertz CT molecular complexity index is 1970. The molecule has 1 atom stereocenters. The van der Waals surface area contributed by atoms with Crippen LogP contribution in [-0.4, -0.2) is 84.6 Å². The maximum Gasteiger partial charge on any atom is 0.337 e. The highest BCUT2D eigenvalue weighted by Gasteiger charge is 2.38. The number of rotatable bonds is 8. The lowest BCUT2D eigenvalue weighted by Crippen LogP contribution is -2.49. The second-order valence-electron chi connectivity index (χ2n) is 14.4. The van der Waals surface area contributed by atoms with Crippen LogP contribution in [0.2, 0.25) is 0 Å². The summed E-state index contributed by atoms with van der Waals surface area (Å²) < 4.78 is 36.6. The topological polar surface area (TPSA) is 108 Å². The van der Waals surface area contributed by atoms with Crippen molar-refractivity contribution in [2.75, 3.05) is 48.2 Å². The molecule has 2 aromatic carbocycles. The first kappa shape index (κ1) is 34.0. The quantitative estimate of drug-likeness (QED) is 0.234. The molecule has 4 heterocycles. The first-order valence-electron chi connectivity index (χ1n) is 16.7. The Morgan fingerprint density at radius 2 is 1.60 bits per heavy atom. The Morgan fingerprint density at radius 3 is 2.19 bits per heavy atom. The minimum atomic E-state index is -3.69. The van der Waals surface area contributed by atoms with Gasteiger partial charge in [0.25, 0.3) is 0 Å². The molecular weight excluding hydrogens is 627 g/mol. The summed E-state index contributed by atoms with van der Waals surface area (Å²) in [6.07, 6.45) is 1.71. The van der Waals surface area contributed by atoms with E-state index in [2.05, 4.69) is 40.3 Å². The Hall–Kier alpha value is -3.93. The molecule has 1 fully saturated rings. The van der Waals surface area contributed by atoms with Crippen LogP contribution in [-0.2, 0) is 26.1 Å². The number of ether oxygens (including phenoxy) is 1. The minimum absolute atomic E-state index is 0.222. The van der Waals surface area contributed by atoms with Crippen molar-refractivity contribution in [3.05, 3.63) is 65.4 Å². The van der Waals surface area contributed by atoms with Crippen molar-refractivity contribution in [1.82, 2.24) is 14.5 Å². The van der Waals surface area contributed by atoms with Gasteiger partial charge in [0.05, 0.1) is 29.6 Å². The Labute approximate surface area is 284 Å². The van der Waals surface area contributed by atoms with Crippen LogP contribution in [0.4, 0.5) is 11.5 Å². The standard InChI is InChI=1S/C37H47N5O5S/c1-23(2)39-15-17-40(18-16-39)30-21-27(13-14-38-30)29-22-28-32(26-11-9-24(3)10-12-26)31(35(36(43)44)47-37(5,6)7)25(4)33-34(28)41(29)19-20-42(33)48(8,45)46/h9-14,21-23,35H,15-20H2,1-8H3,(H,43,44)/t35-/m0/s1. The number of aliphatic carboxylic acids is 1. The fourth-order valence-electron chi connectivity index (χ4n) is 7.21. The van der Waals surface area contributed by atoms with Gasteiger partial charge in [0, 0.05) is 67.2 Å². The van der Waals surface area contributed by atoms with Crippen LogP contribution < -0.4 is 9.21 Å². The van der Waals surface area contributed by atoms with Crippen LogP contribution in [0.5, 0.6) is 0 Å². The van der Waals surface area contributed by atoms with Crippen molar-refractivity contribution >= 4 is 38.4 Å². The van der Waals surface area contributed by atoms with E-state index in [1.165, 1.54) is 10.6 Å². The number of piperazine rings is 1. The largest absolute Gasteiger partial charge is 0.479 e. The van der Waals surface area contributed by atoms with Crippen molar-refractivity contribution in [3.8, 4) is 22.4 Å². The summed E-state index contributed by atoms with van der Waals surface area (Å²) in [5.74, 6) is -0.228. The van der Waals surface area contributed by atoms with Crippen molar-refractivity contribution in [3.63, 3.8) is 0 Å². The zero-order valence-corrected chi connectivity index (χ0v) is 30.1. The zero-order valence-electron chi connectivity index (χ0n) is 29.2. The minimum Gasteiger partial charge on any atom is -0.479 e. The third-order valence-electron chi connectivity index (χ3n) is 9.50. The number of pyridine rings is 1. The van der Waals surface area contributed by atoms with Gasteiger partial charge in [0.2, 0.25) is 10.0 Å². The number of benzene rings is 2. The Balaban J connectivity index is 1.64. The summed E-state index contributed by atoms with van der Waals surface area (Å²) in [5.41, 5.74) is 6.06. The second-order valence-corrected chi connectivity index (χ2v) is 16.3. The molecule has 0 bridgehead atoms. The average Bonchev–Trinajstić information content (AvgIpc) is 3.41. The maximum atomic E-state index is 13.3. The second kappa shape index (κ2) is 12.5. The van der Waals surface area contributed by atoms with Gasteiger partial charge < -0.3 is 19.3 Å². The lowest BCUT2D eigenvalue weighted by Gasteiger charge is -2.37. The molecule has 0 amide bonds. The predicted molar refractivity (Wildman–Crippen MR) is 192 cm³/mol. The third kappa shape index (κ3) is 6.31. The molecule has 10 nitrogen and oxygen atoms in total. The summed E-state index contributed by atoms with van der Waals surface area (Å²) in [5, 5.41) is 11.5. The highest BCUT2D eigenvalue weighted by Crippen LogP contribution is 2.49. The predicted octanol–water partition coefficient (Wildman–Crippen LogP) is 6.24. The molecule has 2 aliphatic heterocycles. The molecule has 2 aromatic heterocycles. The molecule has 0 aliphatic carbocycles. The van der Waals surface area contributed by atoms with Crippen LogP contribution in [0.3, 0.4) is 0 Å². The number of hydrogen-bond donors (Lipinski definition) is 1. The lowest BCUT2D eigenvalue weighted by atomic mass is 9.87. The zero-order chi connectivity index (χ0) is 34.7. The van der Waals surface area contributed by atoms with E-state index in [0.717, 1.165) is 70.8 Å². The number of carboxylic acids is 1. The van der Waals surface area contributed by atoms with Crippen LogP contribution in [0.1, 0.15) is 57.4 Å². The molecule has 1 saturated heterocycles. The van der Waals surface area contributed by atoms with Crippen LogP contribution in [0.15, 0.2) is 48.7 Å². The lowest BCUT2D eigenvalue weighted by molar-refractivity contribution is -0.160. The summed E-state index contributed by atoms with van der Waals surface area (Å²) in [6, 6.07) is 14.7. The SMILES string of the molecule is Cc1ccc(-c2c([C@H](OC(C)(C)C)C(=O)O)c(C)c3c4c2cc(-c2ccnc(N5CCN(C(C)C)CC5)c2)n4CCN3S(C)(=O)=O)cc1. The van der Waals surface area contributed by atoms with E-state index >= 15 is 0 Å². The number of carbonyl (C=O) groups is 1. The van der Waals surface area contributed by atoms with Gasteiger partial charge in [-0.05, 0) is 83.4 Å². The smallest absolute Gasteiger partial charge is 0.337 e. The van der Waals surface area contributed by atoms with Gasteiger partial charge in [-0.1, -0.05) is 29.8 Å². The normalized spacial score (nSPS) is 16.6. The van der Waals surface area contributed by atoms with Crippen LogP contribution in [0, 0.1) is 13.8 Å². The molecule has 4 aromatic rings. The molecule has 256 valence electrons. The van der Waals surface area contributed by atoms with Crippen molar-refractivity contribution < 1.29 is 23.1 Å². The van der Waals surface area contributed by atoms with Gasteiger partial charge in [-0.15, -0.1) is 0 Å². The van der Waals surface area contributed by atoms with Gasteiger partial charge in [0.15, 0.2) is 6.10 Å². The summed E-state index contributed by atoms with van der Waals surface area (Å²) in [6.45, 7) is 18.1. The molecule has 0 spiro atoms. The van der Waals surface area contributed by atoms with E-state index in [-0.39, 0.29) is 6.54 Å². The average molecular weight is 674 g/mol. The highest BCUT2D eigenvalue weighted by atomic mass is 32.2. The van der Waals surface area contributed by atoms with Gasteiger partial charge in [-0.25, -0.2) is 18.2 Å². The van der Waals surface area contributed by atoms with E-state index in [4.69, 9.17) is 9.72 Å². The fraction of sp³-hybridized carbons (Fsp3) is 0.459. The number of anilines is 2. The van der Waals surface area contributed by atoms with Gasteiger partial charge in [-0.2, -0.15) is 0 Å². The number of sulfonamides is 1. The molecule has 0 saturated carbocycles. The first-order chi connectivity index (χ1) is 22.5. The number of nitrogens with zero attached hydrogens (tertiary/aromatic N) is 5. The molecule has 0 unspecified atom stereocenters. The van der Waals surface area contributed by atoms with Crippen molar-refractivity contribution in [1.29, 1.82) is 0 Å². The number of aromatic nitrogens is 2. The molecule has 48 heavy (non-hydrogen) atoms. The third-order valence-corrected chi connectivity index (χ3v) is 10.7.